The van der Waals surface area contributed by atoms with Crippen molar-refractivity contribution < 1.29 is 57.9 Å². The number of aliphatic carboxylic acids is 2. The summed E-state index contributed by atoms with van der Waals surface area (Å²) in [5.74, 6) is -4.52. The molecule has 0 aliphatic rings. The summed E-state index contributed by atoms with van der Waals surface area (Å²) in [5, 5.41) is 22.5. The Morgan fingerprint density at radius 1 is 0.688 bits per heavy atom. The summed E-state index contributed by atoms with van der Waals surface area (Å²) >= 11 is 0. The van der Waals surface area contributed by atoms with Gasteiger partial charge in [0.2, 0.25) is 12.6 Å². The molecule has 0 aromatic rings. The van der Waals surface area contributed by atoms with E-state index in [4.69, 9.17) is 0 Å². The first-order valence-corrected chi connectivity index (χ1v) is 11.3. The maximum atomic E-state index is 11.7. The summed E-state index contributed by atoms with van der Waals surface area (Å²) in [4.78, 5) is 67.5. The van der Waals surface area contributed by atoms with Crippen LogP contribution in [0.25, 0.3) is 0 Å². The molecule has 4 N–H and O–H groups in total. The predicted octanol–water partition coefficient (Wildman–Crippen LogP) is 0.545. The fourth-order valence-corrected chi connectivity index (χ4v) is 4.06. The molecule has 4 unspecified atom stereocenters. The molecule has 0 saturated heterocycles. The van der Waals surface area contributed by atoms with Crippen molar-refractivity contribution in [3.8, 4) is 0 Å². The van der Waals surface area contributed by atoms with Gasteiger partial charge in [-0.3, -0.25) is 9.59 Å². The van der Waals surface area contributed by atoms with Crippen LogP contribution in [0.4, 0.5) is 9.59 Å². The maximum absolute atomic E-state index is 11.7. The number of carbonyl (C=O) groups is 6. The SMILES string of the molecule is CC(=O)OC(C)OC(=O)NC(CSSCC(NC(=O)OC(C)OC(C)=O)C(=O)O)C(=O)O. The molecule has 4 atom stereocenters. The van der Waals surface area contributed by atoms with E-state index in [9.17, 15) is 39.0 Å². The van der Waals surface area contributed by atoms with E-state index in [2.05, 4.69) is 29.6 Å². The highest BCUT2D eigenvalue weighted by atomic mass is 33.1. The fraction of sp³-hybridized carbons (Fsp3) is 0.625. The van der Waals surface area contributed by atoms with Gasteiger partial charge >= 0.3 is 36.1 Å². The summed E-state index contributed by atoms with van der Waals surface area (Å²) < 4.78 is 18.5. The Morgan fingerprint density at radius 2 is 1.00 bits per heavy atom. The van der Waals surface area contributed by atoms with Gasteiger partial charge in [-0.2, -0.15) is 0 Å². The van der Waals surface area contributed by atoms with Crippen LogP contribution in [0.3, 0.4) is 0 Å². The first-order valence-electron chi connectivity index (χ1n) is 8.80. The summed E-state index contributed by atoms with van der Waals surface area (Å²) in [6.45, 7) is 4.73. The van der Waals surface area contributed by atoms with Crippen molar-refractivity contribution >= 4 is 57.7 Å². The zero-order chi connectivity index (χ0) is 24.8. The minimum Gasteiger partial charge on any atom is -0.480 e. The van der Waals surface area contributed by atoms with E-state index in [1.807, 2.05) is 0 Å². The lowest BCUT2D eigenvalue weighted by molar-refractivity contribution is -0.163. The van der Waals surface area contributed by atoms with Crippen LogP contribution in [-0.2, 0) is 38.1 Å². The van der Waals surface area contributed by atoms with E-state index in [-0.39, 0.29) is 11.5 Å². The molecule has 0 aromatic heterocycles. The van der Waals surface area contributed by atoms with Crippen LogP contribution in [0.5, 0.6) is 0 Å². The topological polar surface area (TPSA) is 204 Å². The summed E-state index contributed by atoms with van der Waals surface area (Å²) in [5.41, 5.74) is 0. The summed E-state index contributed by atoms with van der Waals surface area (Å²) in [6.07, 6.45) is -4.72. The Balaban J connectivity index is 4.52. The van der Waals surface area contributed by atoms with Crippen LogP contribution >= 0.6 is 21.6 Å². The number of carboxylic acid groups (broad SMARTS) is 2. The quantitative estimate of drug-likeness (QED) is 0.118. The normalized spacial score (nSPS) is 14.0. The van der Waals surface area contributed by atoms with Gasteiger partial charge in [0, 0.05) is 39.2 Å². The van der Waals surface area contributed by atoms with Gasteiger partial charge in [0.05, 0.1) is 0 Å². The van der Waals surface area contributed by atoms with Gasteiger partial charge in [0.15, 0.2) is 0 Å². The summed E-state index contributed by atoms with van der Waals surface area (Å²) in [7, 11) is 1.82. The van der Waals surface area contributed by atoms with E-state index in [1.54, 1.807) is 0 Å². The number of hydrogen-bond donors (Lipinski definition) is 4. The van der Waals surface area contributed by atoms with Gasteiger partial charge in [-0.1, -0.05) is 21.6 Å². The number of nitrogens with one attached hydrogen (secondary N) is 2. The minimum atomic E-state index is -1.39. The first-order chi connectivity index (χ1) is 14.8. The number of alkyl carbamates (subject to hydrolysis) is 2. The Bertz CT molecular complexity index is 647. The zero-order valence-corrected chi connectivity index (χ0v) is 19.2. The molecule has 2 amide bonds. The van der Waals surface area contributed by atoms with Crippen LogP contribution in [-0.4, -0.2) is 82.4 Å². The zero-order valence-electron chi connectivity index (χ0n) is 17.5. The fourth-order valence-electron chi connectivity index (χ4n) is 1.75. The first kappa shape index (κ1) is 29.1. The van der Waals surface area contributed by atoms with Crippen molar-refractivity contribution in [3.63, 3.8) is 0 Å². The molecule has 14 nitrogen and oxygen atoms in total. The van der Waals surface area contributed by atoms with Crippen molar-refractivity contribution in [2.45, 2.75) is 52.4 Å². The van der Waals surface area contributed by atoms with Crippen LogP contribution < -0.4 is 10.6 Å². The molecular weight excluding hydrogens is 476 g/mol. The van der Waals surface area contributed by atoms with E-state index < -0.39 is 60.7 Å². The summed E-state index contributed by atoms with van der Waals surface area (Å²) in [6, 6.07) is -2.79. The van der Waals surface area contributed by atoms with E-state index in [1.165, 1.54) is 13.8 Å². The average molecular weight is 501 g/mol. The lowest BCUT2D eigenvalue weighted by Crippen LogP contribution is -2.44. The molecule has 0 fully saturated rings. The largest absolute Gasteiger partial charge is 0.480 e. The second kappa shape index (κ2) is 15.0. The molecular formula is C16H24N2O12S2. The van der Waals surface area contributed by atoms with Gasteiger partial charge in [0.1, 0.15) is 12.1 Å². The average Bonchev–Trinajstić information content (AvgIpc) is 2.60. The number of rotatable bonds is 13. The van der Waals surface area contributed by atoms with E-state index in [0.717, 1.165) is 35.4 Å². The number of carbonyl (C=O) groups excluding carboxylic acids is 4. The Morgan fingerprint density at radius 3 is 1.25 bits per heavy atom. The van der Waals surface area contributed by atoms with Crippen molar-refractivity contribution in [1.29, 1.82) is 0 Å². The molecule has 0 heterocycles. The molecule has 0 rings (SSSR count). The van der Waals surface area contributed by atoms with Gasteiger partial charge in [-0.05, 0) is 0 Å². The van der Waals surface area contributed by atoms with Crippen LogP contribution in [0.2, 0.25) is 0 Å². The monoisotopic (exact) mass is 500 g/mol. The molecule has 0 aliphatic carbocycles. The number of ether oxygens (including phenoxy) is 4. The molecule has 0 saturated carbocycles. The molecule has 32 heavy (non-hydrogen) atoms. The number of hydrogen-bond acceptors (Lipinski definition) is 12. The van der Waals surface area contributed by atoms with Gasteiger partial charge in [0.25, 0.3) is 0 Å². The number of esters is 2. The van der Waals surface area contributed by atoms with Crippen LogP contribution in [0, 0.1) is 0 Å². The highest BCUT2D eigenvalue weighted by Crippen LogP contribution is 2.23. The van der Waals surface area contributed by atoms with Gasteiger partial charge in [-0.25, -0.2) is 19.2 Å². The third kappa shape index (κ3) is 14.2. The third-order valence-electron chi connectivity index (χ3n) is 2.94. The van der Waals surface area contributed by atoms with Crippen LogP contribution in [0.15, 0.2) is 0 Å². The van der Waals surface area contributed by atoms with Crippen molar-refractivity contribution in [2.75, 3.05) is 11.5 Å². The van der Waals surface area contributed by atoms with Crippen molar-refractivity contribution in [1.82, 2.24) is 10.6 Å². The Kier molecular flexibility index (Phi) is 13.7. The highest BCUT2D eigenvalue weighted by Gasteiger charge is 2.25. The van der Waals surface area contributed by atoms with Crippen LogP contribution in [0.1, 0.15) is 27.7 Å². The lowest BCUT2D eigenvalue weighted by atomic mass is 10.3. The second-order valence-electron chi connectivity index (χ2n) is 5.80. The number of amides is 2. The molecule has 0 spiro atoms. The van der Waals surface area contributed by atoms with E-state index in [0.29, 0.717) is 0 Å². The smallest absolute Gasteiger partial charge is 0.410 e. The minimum absolute atomic E-state index is 0.183. The Hall–Kier alpha value is -2.88. The molecule has 0 bridgehead atoms. The lowest BCUT2D eigenvalue weighted by Gasteiger charge is -2.18. The number of carboxylic acids is 2. The highest BCUT2D eigenvalue weighted by molar-refractivity contribution is 8.76. The molecule has 0 aliphatic heterocycles. The van der Waals surface area contributed by atoms with Gasteiger partial charge in [-0.15, -0.1) is 0 Å². The molecule has 0 aromatic carbocycles. The third-order valence-corrected chi connectivity index (χ3v) is 5.36. The molecule has 0 radical (unpaired) electrons. The molecule has 182 valence electrons. The second-order valence-corrected chi connectivity index (χ2v) is 8.36. The van der Waals surface area contributed by atoms with Crippen molar-refractivity contribution in [2.24, 2.45) is 0 Å². The molecule has 16 heteroatoms. The predicted molar refractivity (Wildman–Crippen MR) is 109 cm³/mol. The van der Waals surface area contributed by atoms with E-state index >= 15 is 0 Å². The van der Waals surface area contributed by atoms with Crippen molar-refractivity contribution in [3.05, 3.63) is 0 Å². The Labute approximate surface area is 190 Å². The maximum Gasteiger partial charge on any atom is 0.410 e. The standard InChI is InChI=1S/C16H24N2O12S2/c1-7(19)27-9(3)29-15(25)17-11(13(21)22)5-31-32-6-12(14(23)24)18-16(26)30-10(4)28-8(2)20/h9-12H,5-6H2,1-4H3,(H,17,25)(H,18,26)(H,21,22)(H,23,24). The van der Waals surface area contributed by atoms with Gasteiger partial charge < -0.3 is 39.8 Å².